The number of carbonyl (C=O) groups is 2. The molecule has 1 amide bonds. The summed E-state index contributed by atoms with van der Waals surface area (Å²) in [7, 11) is -2.39. The molecule has 1 saturated heterocycles. The van der Waals surface area contributed by atoms with Gasteiger partial charge in [0.2, 0.25) is 5.91 Å². The number of sulfone groups is 1. The van der Waals surface area contributed by atoms with Crippen molar-refractivity contribution in [1.82, 2.24) is 5.32 Å². The van der Waals surface area contributed by atoms with E-state index in [1.54, 1.807) is 24.3 Å². The van der Waals surface area contributed by atoms with Gasteiger partial charge in [-0.25, -0.2) is 13.2 Å². The van der Waals surface area contributed by atoms with E-state index in [-0.39, 0.29) is 5.75 Å². The maximum Gasteiger partial charge on any atom is 0.332 e. The van der Waals surface area contributed by atoms with Gasteiger partial charge in [0.05, 0.1) is 12.9 Å². The first-order chi connectivity index (χ1) is 11.3. The summed E-state index contributed by atoms with van der Waals surface area (Å²) < 4.78 is 30.0. The van der Waals surface area contributed by atoms with Crippen molar-refractivity contribution in [2.24, 2.45) is 0 Å². The molecule has 6 nitrogen and oxygen atoms in total. The number of rotatable bonds is 6. The SMILES string of the molecule is COC(=O)C1(NC(=O)CS(=O)(=O)Cc2cccc(Br)c2)CCSC1. The van der Waals surface area contributed by atoms with Crippen molar-refractivity contribution in [3.05, 3.63) is 34.3 Å². The lowest BCUT2D eigenvalue weighted by molar-refractivity contribution is -0.149. The summed E-state index contributed by atoms with van der Waals surface area (Å²) in [5.74, 6) is -1.02. The van der Waals surface area contributed by atoms with E-state index in [2.05, 4.69) is 21.2 Å². The minimum atomic E-state index is -3.64. The van der Waals surface area contributed by atoms with Crippen LogP contribution in [0.15, 0.2) is 28.7 Å². The standard InChI is InChI=1S/C15H18BrNO5S2/c1-22-14(19)15(5-6-23-10-15)17-13(18)9-24(20,21)8-11-3-2-4-12(16)7-11/h2-4,7H,5-6,8-10H2,1H3,(H,17,18). The number of esters is 1. The second-order valence-corrected chi connectivity index (χ2v) is 9.67. The Labute approximate surface area is 153 Å². The number of hydrogen-bond donors (Lipinski definition) is 1. The van der Waals surface area contributed by atoms with E-state index in [1.165, 1.54) is 18.9 Å². The number of halogens is 1. The topological polar surface area (TPSA) is 89.5 Å². The lowest BCUT2D eigenvalue weighted by Crippen LogP contribution is -2.56. The van der Waals surface area contributed by atoms with Gasteiger partial charge in [-0.2, -0.15) is 11.8 Å². The number of methoxy groups -OCH3 is 1. The fraction of sp³-hybridized carbons (Fsp3) is 0.467. The third-order valence-electron chi connectivity index (χ3n) is 3.60. The van der Waals surface area contributed by atoms with Crippen molar-refractivity contribution in [3.8, 4) is 0 Å². The number of carbonyl (C=O) groups excluding carboxylic acids is 2. The highest BCUT2D eigenvalue weighted by atomic mass is 79.9. The van der Waals surface area contributed by atoms with Crippen molar-refractivity contribution < 1.29 is 22.7 Å². The zero-order chi connectivity index (χ0) is 17.8. The molecular formula is C15H18BrNO5S2. The molecular weight excluding hydrogens is 418 g/mol. The van der Waals surface area contributed by atoms with Crippen molar-refractivity contribution in [2.45, 2.75) is 17.7 Å². The van der Waals surface area contributed by atoms with Gasteiger partial charge in [0.1, 0.15) is 11.3 Å². The molecule has 1 fully saturated rings. The Morgan fingerprint density at radius 1 is 1.42 bits per heavy atom. The molecule has 1 unspecified atom stereocenters. The lowest BCUT2D eigenvalue weighted by Gasteiger charge is -2.26. The summed E-state index contributed by atoms with van der Waals surface area (Å²) >= 11 is 4.80. The quantitative estimate of drug-likeness (QED) is 0.681. The molecule has 0 aliphatic carbocycles. The minimum absolute atomic E-state index is 0.236. The van der Waals surface area contributed by atoms with Crippen molar-refractivity contribution in [2.75, 3.05) is 24.4 Å². The molecule has 1 heterocycles. The number of nitrogens with one attached hydrogen (secondary N) is 1. The van der Waals surface area contributed by atoms with Crippen LogP contribution in [0.5, 0.6) is 0 Å². The van der Waals surface area contributed by atoms with Crippen LogP contribution >= 0.6 is 27.7 Å². The van der Waals surface area contributed by atoms with Gasteiger partial charge in [-0.15, -0.1) is 0 Å². The molecule has 1 aliphatic heterocycles. The van der Waals surface area contributed by atoms with Crippen molar-refractivity contribution in [3.63, 3.8) is 0 Å². The minimum Gasteiger partial charge on any atom is -0.467 e. The fourth-order valence-corrected chi connectivity index (χ4v) is 5.53. The molecule has 1 N–H and O–H groups in total. The van der Waals surface area contributed by atoms with Crippen LogP contribution in [-0.2, 0) is 29.9 Å². The van der Waals surface area contributed by atoms with Gasteiger partial charge >= 0.3 is 5.97 Å². The van der Waals surface area contributed by atoms with Gasteiger partial charge in [-0.05, 0) is 29.9 Å². The van der Waals surface area contributed by atoms with Crippen LogP contribution in [-0.4, -0.2) is 50.2 Å². The fourth-order valence-electron chi connectivity index (χ4n) is 2.51. The average molecular weight is 436 g/mol. The molecule has 0 bridgehead atoms. The molecule has 9 heteroatoms. The zero-order valence-electron chi connectivity index (χ0n) is 13.1. The highest BCUT2D eigenvalue weighted by Gasteiger charge is 2.44. The van der Waals surface area contributed by atoms with E-state index in [9.17, 15) is 18.0 Å². The van der Waals surface area contributed by atoms with E-state index in [4.69, 9.17) is 4.74 Å². The molecule has 1 aromatic carbocycles. The van der Waals surface area contributed by atoms with Gasteiger partial charge in [0.25, 0.3) is 0 Å². The molecule has 1 aromatic rings. The number of hydrogen-bond acceptors (Lipinski definition) is 6. The van der Waals surface area contributed by atoms with Crippen LogP contribution in [0.3, 0.4) is 0 Å². The molecule has 0 spiro atoms. The van der Waals surface area contributed by atoms with Gasteiger partial charge in [-0.3, -0.25) is 4.79 Å². The summed E-state index contributed by atoms with van der Waals surface area (Å²) in [5.41, 5.74) is -0.529. The molecule has 0 saturated carbocycles. The largest absolute Gasteiger partial charge is 0.467 e. The molecule has 1 atom stereocenters. The third kappa shape index (κ3) is 4.97. The third-order valence-corrected chi connectivity index (χ3v) is 6.76. The Kier molecular flexibility index (Phi) is 6.33. The summed E-state index contributed by atoms with van der Waals surface area (Å²) in [4.78, 5) is 24.1. The van der Waals surface area contributed by atoms with E-state index >= 15 is 0 Å². The predicted molar refractivity (Wildman–Crippen MR) is 96.5 cm³/mol. The molecule has 0 aromatic heterocycles. The Morgan fingerprint density at radius 3 is 2.75 bits per heavy atom. The van der Waals surface area contributed by atoms with E-state index in [0.717, 1.165) is 4.47 Å². The molecule has 1 aliphatic rings. The van der Waals surface area contributed by atoms with E-state index < -0.39 is 33.0 Å². The summed E-state index contributed by atoms with van der Waals surface area (Å²) in [6.07, 6.45) is 0.432. The Hall–Kier alpha value is -1.06. The monoisotopic (exact) mass is 435 g/mol. The van der Waals surface area contributed by atoms with Crippen molar-refractivity contribution >= 4 is 49.4 Å². The van der Waals surface area contributed by atoms with E-state index in [0.29, 0.717) is 23.5 Å². The van der Waals surface area contributed by atoms with Crippen LogP contribution in [0.1, 0.15) is 12.0 Å². The van der Waals surface area contributed by atoms with Crippen LogP contribution in [0, 0.1) is 0 Å². The maximum absolute atomic E-state index is 12.2. The summed E-state index contributed by atoms with van der Waals surface area (Å²) in [5, 5.41) is 2.57. The summed E-state index contributed by atoms with van der Waals surface area (Å²) in [6, 6.07) is 6.90. The first-order valence-electron chi connectivity index (χ1n) is 7.18. The highest BCUT2D eigenvalue weighted by molar-refractivity contribution is 9.10. The summed E-state index contributed by atoms with van der Waals surface area (Å²) in [6.45, 7) is 0. The Morgan fingerprint density at radius 2 is 2.17 bits per heavy atom. The van der Waals surface area contributed by atoms with Gasteiger partial charge in [0.15, 0.2) is 9.84 Å². The first kappa shape index (κ1) is 19.3. The normalized spacial score (nSPS) is 20.6. The van der Waals surface area contributed by atoms with Crippen LogP contribution in [0.4, 0.5) is 0 Å². The number of thioether (sulfide) groups is 1. The first-order valence-corrected chi connectivity index (χ1v) is 11.0. The lowest BCUT2D eigenvalue weighted by atomic mass is 9.99. The predicted octanol–water partition coefficient (Wildman–Crippen LogP) is 1.53. The van der Waals surface area contributed by atoms with Crippen LogP contribution in [0.25, 0.3) is 0 Å². The van der Waals surface area contributed by atoms with Gasteiger partial charge in [0, 0.05) is 10.2 Å². The molecule has 132 valence electrons. The van der Waals surface area contributed by atoms with Crippen LogP contribution < -0.4 is 5.32 Å². The smallest absolute Gasteiger partial charge is 0.332 e. The molecule has 24 heavy (non-hydrogen) atoms. The number of ether oxygens (including phenoxy) is 1. The zero-order valence-corrected chi connectivity index (χ0v) is 16.3. The van der Waals surface area contributed by atoms with E-state index in [1.807, 2.05) is 0 Å². The van der Waals surface area contributed by atoms with Gasteiger partial charge in [-0.1, -0.05) is 28.1 Å². The van der Waals surface area contributed by atoms with Gasteiger partial charge < -0.3 is 10.1 Å². The Bertz CT molecular complexity index is 729. The second kappa shape index (κ2) is 7.88. The second-order valence-electron chi connectivity index (χ2n) is 5.59. The molecule has 0 radical (unpaired) electrons. The highest BCUT2D eigenvalue weighted by Crippen LogP contribution is 2.29. The van der Waals surface area contributed by atoms with Crippen molar-refractivity contribution in [1.29, 1.82) is 0 Å². The number of benzene rings is 1. The number of amides is 1. The maximum atomic E-state index is 12.2. The van der Waals surface area contributed by atoms with Crippen LogP contribution in [0.2, 0.25) is 0 Å². The Balaban J connectivity index is 2.03. The average Bonchev–Trinajstić information content (AvgIpc) is 2.94. The molecule has 2 rings (SSSR count).